The Morgan fingerprint density at radius 1 is 0.746 bits per heavy atom. The van der Waals surface area contributed by atoms with Crippen LogP contribution in [0.15, 0.2) is 124 Å². The van der Waals surface area contributed by atoms with Gasteiger partial charge in [0, 0.05) is 32.5 Å². The Labute approximate surface area is 399 Å². The van der Waals surface area contributed by atoms with Crippen LogP contribution in [0.4, 0.5) is 34.1 Å². The average Bonchev–Trinajstić information content (AvgIpc) is 4.09. The molecule has 3 amide bonds. The van der Waals surface area contributed by atoms with Gasteiger partial charge in [-0.3, -0.25) is 14.2 Å². The molecule has 4 heterocycles. The molecule has 0 aliphatic heterocycles. The van der Waals surface area contributed by atoms with Crippen LogP contribution in [0.3, 0.4) is 0 Å². The van der Waals surface area contributed by atoms with Gasteiger partial charge in [-0.15, -0.1) is 31.7 Å². The van der Waals surface area contributed by atoms with E-state index in [2.05, 4.69) is 25.7 Å². The third-order valence-electron chi connectivity index (χ3n) is 9.11. The average molecular weight is 989 g/mol. The summed E-state index contributed by atoms with van der Waals surface area (Å²) in [4.78, 5) is 55.7. The molecule has 4 aromatic heterocycles. The first-order chi connectivity index (χ1) is 31.7. The molecule has 21 heteroatoms. The summed E-state index contributed by atoms with van der Waals surface area (Å²) in [6.07, 6.45) is -6.62. The minimum absolute atomic E-state index is 0.0253. The van der Waals surface area contributed by atoms with Crippen molar-refractivity contribution in [1.29, 1.82) is 0 Å². The Morgan fingerprint density at radius 3 is 2.01 bits per heavy atom. The quantitative estimate of drug-likeness (QED) is 0.109. The number of nitrogens with one attached hydrogen (secondary N) is 1. The maximum Gasteiger partial charge on any atom is 0.422 e. The Kier molecular flexibility index (Phi) is 14.7. The fraction of sp³-hybridized carbons (Fsp3) is 0.261. The van der Waals surface area contributed by atoms with Gasteiger partial charge in [0.05, 0.1) is 18.0 Å². The number of amides is 3. The van der Waals surface area contributed by atoms with E-state index >= 15 is 0 Å². The summed E-state index contributed by atoms with van der Waals surface area (Å²) in [5, 5.41) is 22.1. The zero-order chi connectivity index (χ0) is 48.1. The van der Waals surface area contributed by atoms with Gasteiger partial charge < -0.3 is 14.8 Å². The monoisotopic (exact) mass is 988 g/mol. The van der Waals surface area contributed by atoms with Crippen molar-refractivity contribution in [3.63, 3.8) is 0 Å². The third-order valence-corrected chi connectivity index (χ3v) is 12.9. The van der Waals surface area contributed by atoms with Crippen LogP contribution in [0.1, 0.15) is 47.1 Å². The van der Waals surface area contributed by atoms with Gasteiger partial charge >= 0.3 is 18.4 Å². The lowest BCUT2D eigenvalue weighted by Crippen LogP contribution is -2.42. The van der Waals surface area contributed by atoms with Crippen molar-refractivity contribution in [1.82, 2.24) is 29.5 Å². The molecule has 14 nitrogen and oxygen atoms in total. The molecule has 7 aromatic rings. The summed E-state index contributed by atoms with van der Waals surface area (Å²) >= 11 is 3.86. The number of imide groups is 1. The normalized spacial score (nSPS) is 12.4. The van der Waals surface area contributed by atoms with Crippen LogP contribution < -0.4 is 10.2 Å². The van der Waals surface area contributed by atoms with Crippen LogP contribution in [-0.4, -0.2) is 81.9 Å². The number of hydrogen-bond acceptors (Lipinski definition) is 14. The smallest absolute Gasteiger partial charge is 0.422 e. The number of carbonyl (C=O) groups excluding carboxylic acids is 4. The molecule has 0 radical (unpaired) electrons. The summed E-state index contributed by atoms with van der Waals surface area (Å²) in [6.45, 7) is 10.3. The highest BCUT2D eigenvalue weighted by Gasteiger charge is 2.47. The maximum atomic E-state index is 14.6. The number of benzene rings is 3. The van der Waals surface area contributed by atoms with Gasteiger partial charge in [0.25, 0.3) is 0 Å². The third kappa shape index (κ3) is 12.4. The number of hydrogen-bond donors (Lipinski definition) is 1. The van der Waals surface area contributed by atoms with Gasteiger partial charge in [0.1, 0.15) is 11.2 Å². The van der Waals surface area contributed by atoms with Gasteiger partial charge in [-0.25, -0.2) is 19.1 Å². The van der Waals surface area contributed by atoms with Crippen LogP contribution in [0, 0.1) is 0 Å². The lowest BCUT2D eigenvalue weighted by Gasteiger charge is -2.26. The Hall–Kier alpha value is -6.29. The van der Waals surface area contributed by atoms with E-state index in [9.17, 15) is 32.3 Å². The molecule has 1 atom stereocenters. The van der Waals surface area contributed by atoms with E-state index in [-0.39, 0.29) is 45.9 Å². The number of rotatable bonds is 13. The molecule has 0 bridgehead atoms. The SMILES string of the molecule is CC(C)(C)OC(=O)N(C(=O)CSc1nnc(-c2csc(-c3ccc(NC(=O)C(Sc4nnc(-c5ccsc5)n4Cc4ccccc4)C(F)(F)F)cc3)c2)n1C(=O)OC(C)(C)C)c1ccccc1. The van der Waals surface area contributed by atoms with E-state index in [0.717, 1.165) is 26.8 Å². The van der Waals surface area contributed by atoms with Gasteiger partial charge in [-0.2, -0.15) is 24.5 Å². The predicted octanol–water partition coefficient (Wildman–Crippen LogP) is 11.5. The summed E-state index contributed by atoms with van der Waals surface area (Å²) in [5.74, 6) is -1.76. The minimum Gasteiger partial charge on any atom is -0.443 e. The Bertz CT molecular complexity index is 2840. The van der Waals surface area contributed by atoms with Crippen LogP contribution in [0.2, 0.25) is 0 Å². The van der Waals surface area contributed by atoms with E-state index in [1.165, 1.54) is 34.8 Å². The largest absolute Gasteiger partial charge is 0.443 e. The predicted molar refractivity (Wildman–Crippen MR) is 254 cm³/mol. The topological polar surface area (TPSA) is 163 Å². The van der Waals surface area contributed by atoms with E-state index in [1.54, 1.807) is 106 Å². The summed E-state index contributed by atoms with van der Waals surface area (Å²) in [6, 6.07) is 27.3. The van der Waals surface area contributed by atoms with E-state index < -0.39 is 46.6 Å². The molecule has 0 saturated heterocycles. The second-order valence-electron chi connectivity index (χ2n) is 16.7. The van der Waals surface area contributed by atoms with Crippen molar-refractivity contribution in [2.24, 2.45) is 0 Å². The van der Waals surface area contributed by atoms with E-state index in [4.69, 9.17) is 9.47 Å². The minimum atomic E-state index is -4.94. The Morgan fingerprint density at radius 2 is 1.39 bits per heavy atom. The second-order valence-corrected chi connectivity index (χ2v) is 20.4. The highest BCUT2D eigenvalue weighted by atomic mass is 32.2. The van der Waals surface area contributed by atoms with Crippen molar-refractivity contribution in [3.05, 3.63) is 119 Å². The number of para-hydroxylation sites is 1. The molecule has 0 aliphatic rings. The molecular formula is C46H43F3N8O6S4. The van der Waals surface area contributed by atoms with E-state index in [1.807, 2.05) is 41.1 Å². The lowest BCUT2D eigenvalue weighted by molar-refractivity contribution is -0.146. The van der Waals surface area contributed by atoms with Gasteiger partial charge in [0.15, 0.2) is 22.1 Å². The van der Waals surface area contributed by atoms with Gasteiger partial charge in [0.2, 0.25) is 17.0 Å². The number of thiophene rings is 2. The first-order valence-electron chi connectivity index (χ1n) is 20.4. The molecule has 0 aliphatic carbocycles. The number of ether oxygens (including phenoxy) is 2. The van der Waals surface area contributed by atoms with Crippen molar-refractivity contribution < 1.29 is 41.8 Å². The van der Waals surface area contributed by atoms with E-state index in [0.29, 0.717) is 33.1 Å². The molecule has 1 unspecified atom stereocenters. The van der Waals surface area contributed by atoms with Crippen LogP contribution in [0.25, 0.3) is 33.2 Å². The van der Waals surface area contributed by atoms with Gasteiger partial charge in [-0.05, 0) is 94.4 Å². The Balaban J connectivity index is 1.08. The van der Waals surface area contributed by atoms with Crippen LogP contribution >= 0.6 is 46.2 Å². The standard InChI is InChI=1S/C46H43F3N8O6S4/c1-44(2,3)62-42(60)56(33-15-11-8-12-16-33)35(58)27-66-41-54-52-38(57(41)43(61)63-45(4,5)6)31-23-34(65-26-31)29-17-19-32(20-18-29)50-39(59)36(46(47,48)49)67-40-53-51-37(30-21-22-64-25-30)55(40)24-28-13-9-7-10-14-28/h7-23,25-26,36H,24,27H2,1-6H3,(H,50,59). The van der Waals surface area contributed by atoms with Crippen LogP contribution in [-0.2, 0) is 25.6 Å². The van der Waals surface area contributed by atoms with Crippen molar-refractivity contribution in [2.75, 3.05) is 16.0 Å². The molecule has 67 heavy (non-hydrogen) atoms. The number of nitrogens with zero attached hydrogens (tertiary/aromatic N) is 7. The van der Waals surface area contributed by atoms with Crippen molar-refractivity contribution in [3.8, 4) is 33.2 Å². The number of halogens is 3. The fourth-order valence-corrected chi connectivity index (χ4v) is 9.42. The first kappa shape index (κ1) is 48.6. The molecule has 0 spiro atoms. The fourth-order valence-electron chi connectivity index (χ4n) is 6.24. The highest BCUT2D eigenvalue weighted by Crippen LogP contribution is 2.38. The summed E-state index contributed by atoms with van der Waals surface area (Å²) in [7, 11) is 0. The molecule has 0 saturated carbocycles. The summed E-state index contributed by atoms with van der Waals surface area (Å²) in [5.41, 5.74) is 1.26. The number of aromatic nitrogens is 6. The first-order valence-corrected chi connectivity index (χ1v) is 24.1. The molecule has 3 aromatic carbocycles. The van der Waals surface area contributed by atoms with Crippen LogP contribution in [0.5, 0.6) is 0 Å². The molecule has 1 N–H and O–H groups in total. The number of alkyl halides is 3. The van der Waals surface area contributed by atoms with Gasteiger partial charge in [-0.1, -0.05) is 84.2 Å². The highest BCUT2D eigenvalue weighted by molar-refractivity contribution is 8.00. The molecular weight excluding hydrogens is 946 g/mol. The second kappa shape index (κ2) is 20.3. The zero-order valence-corrected chi connectivity index (χ0v) is 40.1. The molecule has 7 rings (SSSR count). The number of anilines is 2. The molecule has 0 fully saturated rings. The van der Waals surface area contributed by atoms with Crippen molar-refractivity contribution in [2.45, 2.75) is 81.0 Å². The maximum absolute atomic E-state index is 14.6. The number of carbonyl (C=O) groups is 4. The zero-order valence-electron chi connectivity index (χ0n) is 36.8. The van der Waals surface area contributed by atoms with Crippen molar-refractivity contribution >= 4 is 81.6 Å². The number of thioether (sulfide) groups is 2. The lowest BCUT2D eigenvalue weighted by atomic mass is 10.1. The molecule has 348 valence electrons. The summed E-state index contributed by atoms with van der Waals surface area (Å²) < 4.78 is 57.8.